The first-order valence-corrected chi connectivity index (χ1v) is 7.81. The highest BCUT2D eigenvalue weighted by molar-refractivity contribution is 7.13. The monoisotopic (exact) mass is 283 g/mol. The van der Waals surface area contributed by atoms with Gasteiger partial charge in [-0.3, -0.25) is 4.79 Å². The lowest BCUT2D eigenvalue weighted by atomic mass is 10.1. The van der Waals surface area contributed by atoms with Gasteiger partial charge in [-0.2, -0.15) is 0 Å². The first kappa shape index (κ1) is 16.1. The predicted molar refractivity (Wildman–Crippen MR) is 80.9 cm³/mol. The summed E-state index contributed by atoms with van der Waals surface area (Å²) in [7, 11) is 0. The number of aromatic nitrogens is 1. The first-order valence-electron chi connectivity index (χ1n) is 6.99. The Balaban J connectivity index is 2.51. The zero-order valence-corrected chi connectivity index (χ0v) is 13.2. The van der Waals surface area contributed by atoms with E-state index < -0.39 is 0 Å². The Bertz CT molecular complexity index is 401. The molecule has 1 aromatic heterocycles. The molecule has 0 saturated carbocycles. The largest absolute Gasteiger partial charge is 0.350 e. The molecule has 19 heavy (non-hydrogen) atoms. The van der Waals surface area contributed by atoms with Gasteiger partial charge in [-0.05, 0) is 32.2 Å². The van der Waals surface area contributed by atoms with E-state index in [4.69, 9.17) is 0 Å². The molecule has 108 valence electrons. The molecule has 0 fully saturated rings. The maximum Gasteiger partial charge on any atom is 0.263 e. The molecule has 1 heterocycles. The molecule has 4 nitrogen and oxygen atoms in total. The van der Waals surface area contributed by atoms with Crippen molar-refractivity contribution < 1.29 is 4.79 Å². The summed E-state index contributed by atoms with van der Waals surface area (Å²) >= 11 is 1.49. The van der Waals surface area contributed by atoms with Crippen molar-refractivity contribution in [2.75, 3.05) is 19.6 Å². The second kappa shape index (κ2) is 8.27. The molecule has 0 saturated heterocycles. The minimum Gasteiger partial charge on any atom is -0.350 e. The van der Waals surface area contributed by atoms with Crippen LogP contribution in [0.3, 0.4) is 0 Å². The molecule has 5 heteroatoms. The van der Waals surface area contributed by atoms with Gasteiger partial charge in [0.1, 0.15) is 4.88 Å². The van der Waals surface area contributed by atoms with Crippen LogP contribution in [0.1, 0.15) is 47.6 Å². The number of nitrogens with one attached hydrogen (secondary N) is 2. The van der Waals surface area contributed by atoms with Gasteiger partial charge in [-0.25, -0.2) is 4.98 Å². The standard InChI is InChI=1S/C14H25N3OS/c1-5-6-15-7-8-16-14(18)13-12(9-10(2)3)17-11(4)19-13/h10,15H,5-9H2,1-4H3,(H,16,18). The molecule has 0 bridgehead atoms. The SMILES string of the molecule is CCCNCCNC(=O)c1sc(C)nc1CC(C)C. The molecular formula is C14H25N3OS. The molecule has 0 spiro atoms. The Labute approximate surface area is 120 Å². The van der Waals surface area contributed by atoms with Gasteiger partial charge in [0.2, 0.25) is 0 Å². The number of thiazole rings is 1. The molecule has 0 aliphatic carbocycles. The number of carbonyl (C=O) groups is 1. The van der Waals surface area contributed by atoms with E-state index >= 15 is 0 Å². The maximum absolute atomic E-state index is 12.1. The molecule has 2 N–H and O–H groups in total. The van der Waals surface area contributed by atoms with Crippen LogP contribution in [0.4, 0.5) is 0 Å². The Morgan fingerprint density at radius 2 is 2.05 bits per heavy atom. The zero-order valence-electron chi connectivity index (χ0n) is 12.4. The van der Waals surface area contributed by atoms with E-state index in [9.17, 15) is 4.79 Å². The number of aryl methyl sites for hydroxylation is 1. The average Bonchev–Trinajstić information content (AvgIpc) is 2.69. The summed E-state index contributed by atoms with van der Waals surface area (Å²) in [6, 6.07) is 0. The third-order valence-electron chi connectivity index (χ3n) is 2.63. The topological polar surface area (TPSA) is 54.0 Å². The molecule has 0 aliphatic heterocycles. The number of carbonyl (C=O) groups excluding carboxylic acids is 1. The highest BCUT2D eigenvalue weighted by Crippen LogP contribution is 2.20. The van der Waals surface area contributed by atoms with Crippen LogP contribution < -0.4 is 10.6 Å². The third kappa shape index (κ3) is 5.70. The third-order valence-corrected chi connectivity index (χ3v) is 3.64. The Hall–Kier alpha value is -0.940. The minimum absolute atomic E-state index is 0.0135. The number of nitrogens with zero attached hydrogens (tertiary/aromatic N) is 1. The Morgan fingerprint density at radius 3 is 2.68 bits per heavy atom. The molecular weight excluding hydrogens is 258 g/mol. The van der Waals surface area contributed by atoms with Gasteiger partial charge in [0.15, 0.2) is 0 Å². The highest BCUT2D eigenvalue weighted by Gasteiger charge is 2.16. The Kier molecular flexibility index (Phi) is 7.02. The Morgan fingerprint density at radius 1 is 1.32 bits per heavy atom. The summed E-state index contributed by atoms with van der Waals surface area (Å²) in [4.78, 5) is 17.4. The lowest BCUT2D eigenvalue weighted by Gasteiger charge is -2.07. The van der Waals surface area contributed by atoms with Gasteiger partial charge in [-0.15, -0.1) is 11.3 Å². The van der Waals surface area contributed by atoms with E-state index in [2.05, 4.69) is 36.4 Å². The average molecular weight is 283 g/mol. The van der Waals surface area contributed by atoms with E-state index in [1.54, 1.807) is 0 Å². The summed E-state index contributed by atoms with van der Waals surface area (Å²) in [5, 5.41) is 7.18. The van der Waals surface area contributed by atoms with Gasteiger partial charge in [0.25, 0.3) is 5.91 Å². The summed E-state index contributed by atoms with van der Waals surface area (Å²) in [5.41, 5.74) is 0.941. The fourth-order valence-electron chi connectivity index (χ4n) is 1.82. The second-order valence-electron chi connectivity index (χ2n) is 5.11. The van der Waals surface area contributed by atoms with Gasteiger partial charge in [0, 0.05) is 13.1 Å². The number of rotatable bonds is 8. The molecule has 1 rings (SSSR count). The van der Waals surface area contributed by atoms with Crippen molar-refractivity contribution in [3.63, 3.8) is 0 Å². The van der Waals surface area contributed by atoms with Crippen molar-refractivity contribution in [1.29, 1.82) is 0 Å². The van der Waals surface area contributed by atoms with Crippen LogP contribution in [0.5, 0.6) is 0 Å². The van der Waals surface area contributed by atoms with Crippen molar-refractivity contribution in [3.8, 4) is 0 Å². The number of hydrogen-bond donors (Lipinski definition) is 2. The summed E-state index contributed by atoms with van der Waals surface area (Å²) in [6.07, 6.45) is 1.97. The number of hydrogen-bond acceptors (Lipinski definition) is 4. The highest BCUT2D eigenvalue weighted by atomic mass is 32.1. The van der Waals surface area contributed by atoms with Gasteiger partial charge < -0.3 is 10.6 Å². The van der Waals surface area contributed by atoms with Crippen molar-refractivity contribution >= 4 is 17.2 Å². The lowest BCUT2D eigenvalue weighted by Crippen LogP contribution is -2.32. The van der Waals surface area contributed by atoms with Crippen LogP contribution in [0.15, 0.2) is 0 Å². The predicted octanol–water partition coefficient (Wildman–Crippen LogP) is 2.38. The summed E-state index contributed by atoms with van der Waals surface area (Å²) < 4.78 is 0. The van der Waals surface area contributed by atoms with Crippen molar-refractivity contribution in [1.82, 2.24) is 15.6 Å². The molecule has 0 aliphatic rings. The molecule has 1 amide bonds. The normalized spacial score (nSPS) is 11.0. The minimum atomic E-state index is 0.0135. The van der Waals surface area contributed by atoms with E-state index in [-0.39, 0.29) is 5.91 Å². The van der Waals surface area contributed by atoms with E-state index in [1.807, 2.05) is 6.92 Å². The first-order chi connectivity index (χ1) is 9.04. The molecule has 0 radical (unpaired) electrons. The van der Waals surface area contributed by atoms with Crippen LogP contribution in [0.2, 0.25) is 0 Å². The lowest BCUT2D eigenvalue weighted by molar-refractivity contribution is 0.0956. The second-order valence-corrected chi connectivity index (χ2v) is 6.32. The van der Waals surface area contributed by atoms with Crippen molar-refractivity contribution in [3.05, 3.63) is 15.6 Å². The number of amides is 1. The fraction of sp³-hybridized carbons (Fsp3) is 0.714. The quantitative estimate of drug-likeness (QED) is 0.720. The van der Waals surface area contributed by atoms with Crippen molar-refractivity contribution in [2.45, 2.75) is 40.5 Å². The van der Waals surface area contributed by atoms with Crippen LogP contribution in [0, 0.1) is 12.8 Å². The van der Waals surface area contributed by atoms with Crippen LogP contribution in [-0.2, 0) is 6.42 Å². The van der Waals surface area contributed by atoms with E-state index in [1.165, 1.54) is 11.3 Å². The van der Waals surface area contributed by atoms with E-state index in [0.717, 1.165) is 41.5 Å². The molecule has 0 aromatic carbocycles. The molecule has 0 unspecified atom stereocenters. The zero-order chi connectivity index (χ0) is 14.3. The molecule has 0 atom stereocenters. The van der Waals surface area contributed by atoms with Gasteiger partial charge >= 0.3 is 0 Å². The van der Waals surface area contributed by atoms with E-state index in [0.29, 0.717) is 12.5 Å². The van der Waals surface area contributed by atoms with Crippen LogP contribution in [0.25, 0.3) is 0 Å². The maximum atomic E-state index is 12.1. The fourth-order valence-corrected chi connectivity index (χ4v) is 2.68. The van der Waals surface area contributed by atoms with Gasteiger partial charge in [0.05, 0.1) is 10.7 Å². The van der Waals surface area contributed by atoms with Crippen molar-refractivity contribution in [2.24, 2.45) is 5.92 Å². The summed E-state index contributed by atoms with van der Waals surface area (Å²) in [5.74, 6) is 0.527. The van der Waals surface area contributed by atoms with Gasteiger partial charge in [-0.1, -0.05) is 20.8 Å². The molecule has 1 aromatic rings. The summed E-state index contributed by atoms with van der Waals surface area (Å²) in [6.45, 7) is 10.8. The van der Waals surface area contributed by atoms with Crippen LogP contribution in [-0.4, -0.2) is 30.5 Å². The smallest absolute Gasteiger partial charge is 0.263 e. The van der Waals surface area contributed by atoms with Crippen LogP contribution >= 0.6 is 11.3 Å².